The van der Waals surface area contributed by atoms with Gasteiger partial charge in [-0.05, 0) is 30.7 Å². The lowest BCUT2D eigenvalue weighted by Crippen LogP contribution is -2.37. The fourth-order valence-electron chi connectivity index (χ4n) is 1.33. The number of carbonyl (C=O) groups is 1. The molecule has 0 aliphatic rings. The van der Waals surface area contributed by atoms with Crippen LogP contribution in [0.25, 0.3) is 0 Å². The van der Waals surface area contributed by atoms with Crippen molar-refractivity contribution in [3.05, 3.63) is 28.8 Å². The molecule has 1 aromatic rings. The van der Waals surface area contributed by atoms with Crippen molar-refractivity contribution in [2.75, 3.05) is 17.1 Å². The molecule has 5 nitrogen and oxygen atoms in total. The van der Waals surface area contributed by atoms with Crippen LogP contribution >= 0.6 is 11.6 Å². The minimum Gasteiger partial charge on any atom is -0.368 e. The maximum atomic E-state index is 11.5. The molecule has 2 N–H and O–H groups in total. The van der Waals surface area contributed by atoms with Gasteiger partial charge in [-0.2, -0.15) is 0 Å². The zero-order valence-electron chi connectivity index (χ0n) is 9.47. The molecule has 0 atom stereocenters. The highest BCUT2D eigenvalue weighted by Crippen LogP contribution is 2.23. The maximum Gasteiger partial charge on any atom is 0.238 e. The number of carbonyl (C=O) groups excluding carboxylic acids is 1. The van der Waals surface area contributed by atoms with Crippen molar-refractivity contribution in [3.63, 3.8) is 0 Å². The van der Waals surface area contributed by atoms with Crippen LogP contribution in [-0.4, -0.2) is 27.1 Å². The van der Waals surface area contributed by atoms with Crippen LogP contribution < -0.4 is 10.0 Å². The predicted molar refractivity (Wildman–Crippen MR) is 67.6 cm³/mol. The highest BCUT2D eigenvalue weighted by Gasteiger charge is 2.19. The fourth-order valence-corrected chi connectivity index (χ4v) is 2.30. The van der Waals surface area contributed by atoms with E-state index < -0.39 is 15.9 Å². The topological polar surface area (TPSA) is 80.5 Å². The van der Waals surface area contributed by atoms with Crippen LogP contribution in [0, 0.1) is 6.92 Å². The van der Waals surface area contributed by atoms with Crippen LogP contribution in [0.2, 0.25) is 5.02 Å². The first kappa shape index (κ1) is 13.8. The lowest BCUT2D eigenvalue weighted by molar-refractivity contribution is -0.116. The molecule has 0 spiro atoms. The molecule has 94 valence electrons. The smallest absolute Gasteiger partial charge is 0.238 e. The minimum absolute atomic E-state index is 0.369. The number of halogens is 1. The Kier molecular flexibility index (Phi) is 4.00. The minimum atomic E-state index is -3.55. The highest BCUT2D eigenvalue weighted by molar-refractivity contribution is 7.92. The lowest BCUT2D eigenvalue weighted by Gasteiger charge is -2.21. The van der Waals surface area contributed by atoms with E-state index in [0.29, 0.717) is 10.7 Å². The fraction of sp³-hybridized carbons (Fsp3) is 0.300. The Morgan fingerprint density at radius 3 is 2.47 bits per heavy atom. The van der Waals surface area contributed by atoms with Crippen LogP contribution in [0.1, 0.15) is 5.56 Å². The number of sulfonamides is 1. The summed E-state index contributed by atoms with van der Waals surface area (Å²) in [5.74, 6) is -0.719. The van der Waals surface area contributed by atoms with Gasteiger partial charge in [-0.3, -0.25) is 9.10 Å². The normalized spacial score (nSPS) is 11.2. The summed E-state index contributed by atoms with van der Waals surface area (Å²) < 4.78 is 24.0. The van der Waals surface area contributed by atoms with Gasteiger partial charge in [0.05, 0.1) is 11.9 Å². The Hall–Kier alpha value is -1.27. The van der Waals surface area contributed by atoms with E-state index in [4.69, 9.17) is 17.3 Å². The lowest BCUT2D eigenvalue weighted by atomic mass is 10.2. The van der Waals surface area contributed by atoms with Gasteiger partial charge in [0.2, 0.25) is 15.9 Å². The van der Waals surface area contributed by atoms with Crippen LogP contribution in [0.3, 0.4) is 0 Å². The van der Waals surface area contributed by atoms with E-state index in [1.165, 1.54) is 6.07 Å². The van der Waals surface area contributed by atoms with Gasteiger partial charge in [-0.1, -0.05) is 11.6 Å². The van der Waals surface area contributed by atoms with Crippen LogP contribution in [0.4, 0.5) is 5.69 Å². The Bertz CT molecular complexity index is 542. The van der Waals surface area contributed by atoms with E-state index in [-0.39, 0.29) is 6.54 Å². The number of aryl methyl sites for hydroxylation is 1. The summed E-state index contributed by atoms with van der Waals surface area (Å²) in [6.45, 7) is 1.36. The number of rotatable bonds is 4. The number of nitrogens with two attached hydrogens (primary N) is 1. The monoisotopic (exact) mass is 276 g/mol. The molecule has 0 radical (unpaired) electrons. The predicted octanol–water partition coefficient (Wildman–Crippen LogP) is 0.900. The first-order valence-corrected chi connectivity index (χ1v) is 6.96. The van der Waals surface area contributed by atoms with Gasteiger partial charge in [-0.25, -0.2) is 8.42 Å². The van der Waals surface area contributed by atoms with Gasteiger partial charge < -0.3 is 5.73 Å². The third-order valence-electron chi connectivity index (χ3n) is 2.13. The summed E-state index contributed by atoms with van der Waals surface area (Å²) in [6, 6.07) is 4.69. The molecule has 0 saturated carbocycles. The first-order valence-electron chi connectivity index (χ1n) is 4.74. The second-order valence-electron chi connectivity index (χ2n) is 3.67. The SMILES string of the molecule is Cc1cc(N(CC(N)=O)S(C)(=O)=O)ccc1Cl. The average molecular weight is 277 g/mol. The third kappa shape index (κ3) is 3.61. The number of primary amides is 1. The number of hydrogen-bond donors (Lipinski definition) is 1. The standard InChI is InChI=1S/C10H13ClN2O3S/c1-7-5-8(3-4-9(7)11)13(6-10(12)14)17(2,15)16/h3-5H,6H2,1-2H3,(H2,12,14). The molecule has 17 heavy (non-hydrogen) atoms. The van der Waals surface area contributed by atoms with E-state index in [0.717, 1.165) is 16.1 Å². The summed E-state index contributed by atoms with van der Waals surface area (Å²) in [6.07, 6.45) is 1.01. The number of amides is 1. The average Bonchev–Trinajstić information content (AvgIpc) is 2.17. The summed E-state index contributed by atoms with van der Waals surface area (Å²) in [7, 11) is -3.55. The first-order chi connectivity index (χ1) is 7.71. The van der Waals surface area contributed by atoms with Crippen molar-refractivity contribution in [1.82, 2.24) is 0 Å². The Balaban J connectivity index is 3.22. The van der Waals surface area contributed by atoms with Crippen LogP contribution in [0.15, 0.2) is 18.2 Å². The molecule has 0 fully saturated rings. The third-order valence-corrected chi connectivity index (χ3v) is 3.69. The molecule has 7 heteroatoms. The van der Waals surface area contributed by atoms with Gasteiger partial charge in [0, 0.05) is 5.02 Å². The van der Waals surface area contributed by atoms with Crippen molar-refractivity contribution < 1.29 is 13.2 Å². The molecule has 0 bridgehead atoms. The van der Waals surface area contributed by atoms with Crippen LogP contribution in [-0.2, 0) is 14.8 Å². The van der Waals surface area contributed by atoms with Gasteiger partial charge in [0.15, 0.2) is 0 Å². The van der Waals surface area contributed by atoms with Gasteiger partial charge in [0.1, 0.15) is 6.54 Å². The quantitative estimate of drug-likeness (QED) is 0.887. The number of nitrogens with zero attached hydrogens (tertiary/aromatic N) is 1. The summed E-state index contributed by atoms with van der Waals surface area (Å²) in [5.41, 5.74) is 6.12. The molecule has 0 unspecified atom stereocenters. The molecule has 1 aromatic carbocycles. The zero-order valence-corrected chi connectivity index (χ0v) is 11.0. The zero-order chi connectivity index (χ0) is 13.2. The van der Waals surface area contributed by atoms with Crippen molar-refractivity contribution in [2.45, 2.75) is 6.92 Å². The Labute approximate surface area is 105 Å². The van der Waals surface area contributed by atoms with Gasteiger partial charge in [0.25, 0.3) is 0 Å². The summed E-state index contributed by atoms with van der Waals surface area (Å²) in [4.78, 5) is 10.9. The number of hydrogen-bond acceptors (Lipinski definition) is 3. The number of anilines is 1. The van der Waals surface area contributed by atoms with Crippen molar-refractivity contribution in [2.24, 2.45) is 5.73 Å². The van der Waals surface area contributed by atoms with Crippen molar-refractivity contribution in [1.29, 1.82) is 0 Å². The second-order valence-corrected chi connectivity index (χ2v) is 5.98. The van der Waals surface area contributed by atoms with Crippen LogP contribution in [0.5, 0.6) is 0 Å². The Morgan fingerprint density at radius 2 is 2.06 bits per heavy atom. The summed E-state index contributed by atoms with van der Waals surface area (Å²) in [5, 5.41) is 0.529. The van der Waals surface area contributed by atoms with E-state index >= 15 is 0 Å². The van der Waals surface area contributed by atoms with Gasteiger partial charge in [-0.15, -0.1) is 0 Å². The Morgan fingerprint density at radius 1 is 1.47 bits per heavy atom. The molecule has 0 aromatic heterocycles. The maximum absolute atomic E-state index is 11.5. The molecule has 0 aliphatic heterocycles. The number of benzene rings is 1. The van der Waals surface area contributed by atoms with Crippen molar-refractivity contribution in [3.8, 4) is 0 Å². The largest absolute Gasteiger partial charge is 0.368 e. The molecule has 1 rings (SSSR count). The van der Waals surface area contributed by atoms with Crippen molar-refractivity contribution >= 4 is 33.2 Å². The molecular formula is C10H13ClN2O3S. The van der Waals surface area contributed by atoms with E-state index in [9.17, 15) is 13.2 Å². The van der Waals surface area contributed by atoms with E-state index in [2.05, 4.69) is 0 Å². The van der Waals surface area contributed by atoms with E-state index in [1.54, 1.807) is 19.1 Å². The second kappa shape index (κ2) is 4.93. The summed E-state index contributed by atoms with van der Waals surface area (Å²) >= 11 is 5.85. The molecule has 0 heterocycles. The van der Waals surface area contributed by atoms with E-state index in [1.807, 2.05) is 0 Å². The van der Waals surface area contributed by atoms with Gasteiger partial charge >= 0.3 is 0 Å². The molecule has 0 saturated heterocycles. The molecule has 0 aliphatic carbocycles. The highest BCUT2D eigenvalue weighted by atomic mass is 35.5. The molecular weight excluding hydrogens is 264 g/mol. The molecule has 1 amide bonds.